The van der Waals surface area contributed by atoms with Crippen LogP contribution >= 0.6 is 0 Å². The Hall–Kier alpha value is -2.74. The number of hydrogen-bond acceptors (Lipinski definition) is 5. The Bertz CT molecular complexity index is 960. The van der Waals surface area contributed by atoms with Crippen molar-refractivity contribution >= 4 is 33.0 Å². The minimum absolute atomic E-state index is 0.0953. The number of para-hydroxylation sites is 2. The van der Waals surface area contributed by atoms with Crippen molar-refractivity contribution in [3.8, 4) is 5.75 Å². The summed E-state index contributed by atoms with van der Waals surface area (Å²) in [5, 5.41) is 2.89. The summed E-state index contributed by atoms with van der Waals surface area (Å²) in [5.74, 6) is 0.526. The molecule has 0 saturated heterocycles. The van der Waals surface area contributed by atoms with Crippen LogP contribution < -0.4 is 19.7 Å². The lowest BCUT2D eigenvalue weighted by Gasteiger charge is -2.32. The quantitative estimate of drug-likeness (QED) is 0.742. The predicted molar refractivity (Wildman–Crippen MR) is 112 cm³/mol. The average Bonchev–Trinajstić information content (AvgIpc) is 2.66. The number of benzene rings is 2. The Morgan fingerprint density at radius 2 is 1.89 bits per heavy atom. The summed E-state index contributed by atoms with van der Waals surface area (Å²) in [5.41, 5.74) is 3.21. The zero-order valence-electron chi connectivity index (χ0n) is 16.1. The molecule has 3 rings (SSSR count). The van der Waals surface area contributed by atoms with Crippen LogP contribution in [0, 0.1) is 0 Å². The van der Waals surface area contributed by atoms with E-state index >= 15 is 0 Å². The van der Waals surface area contributed by atoms with E-state index in [0.29, 0.717) is 30.1 Å². The largest absolute Gasteiger partial charge is 0.495 e. The second-order valence-electron chi connectivity index (χ2n) is 6.77. The standard InChI is InChI=1S/C20H25N3O4S/c1-27-19-11-4-3-8-17(19)21-20(24)12-14-23-13-6-7-15-16(22-28(2,25)26)9-5-10-18(15)23/h3-5,8-11,22H,6-7,12-14H2,1-2H3,(H,21,24). The maximum absolute atomic E-state index is 12.4. The highest BCUT2D eigenvalue weighted by molar-refractivity contribution is 7.92. The first-order valence-electron chi connectivity index (χ1n) is 9.15. The molecule has 0 spiro atoms. The molecule has 0 bridgehead atoms. The second-order valence-corrected chi connectivity index (χ2v) is 8.51. The minimum Gasteiger partial charge on any atom is -0.495 e. The summed E-state index contributed by atoms with van der Waals surface area (Å²) in [6.45, 7) is 1.38. The fourth-order valence-corrected chi connectivity index (χ4v) is 4.02. The minimum atomic E-state index is -3.34. The van der Waals surface area contributed by atoms with Gasteiger partial charge in [-0.2, -0.15) is 0 Å². The summed E-state index contributed by atoms with van der Waals surface area (Å²) < 4.78 is 31.1. The van der Waals surface area contributed by atoms with Gasteiger partial charge in [-0.15, -0.1) is 0 Å². The Morgan fingerprint density at radius 3 is 2.64 bits per heavy atom. The summed E-state index contributed by atoms with van der Waals surface area (Å²) in [4.78, 5) is 14.5. The molecule has 2 aromatic carbocycles. The second kappa shape index (κ2) is 8.52. The topological polar surface area (TPSA) is 87.7 Å². The Morgan fingerprint density at radius 1 is 1.14 bits per heavy atom. The van der Waals surface area contributed by atoms with Crippen LogP contribution in [0.5, 0.6) is 5.75 Å². The van der Waals surface area contributed by atoms with Gasteiger partial charge in [-0.3, -0.25) is 9.52 Å². The number of nitrogens with one attached hydrogen (secondary N) is 2. The Labute approximate surface area is 165 Å². The fourth-order valence-electron chi connectivity index (χ4n) is 3.43. The van der Waals surface area contributed by atoms with Crippen molar-refractivity contribution < 1.29 is 17.9 Å². The van der Waals surface area contributed by atoms with Crippen molar-refractivity contribution in [1.29, 1.82) is 0 Å². The lowest BCUT2D eigenvalue weighted by atomic mass is 10.00. The molecule has 1 aliphatic heterocycles. The number of ether oxygens (including phenoxy) is 1. The molecule has 2 aromatic rings. The first-order valence-corrected chi connectivity index (χ1v) is 11.0. The Balaban J connectivity index is 1.68. The van der Waals surface area contributed by atoms with Gasteiger partial charge in [-0.25, -0.2) is 8.42 Å². The van der Waals surface area contributed by atoms with E-state index in [-0.39, 0.29) is 5.91 Å². The third-order valence-electron chi connectivity index (χ3n) is 4.63. The van der Waals surface area contributed by atoms with Gasteiger partial charge in [-0.1, -0.05) is 18.2 Å². The van der Waals surface area contributed by atoms with E-state index in [9.17, 15) is 13.2 Å². The normalized spacial score (nSPS) is 13.6. The van der Waals surface area contributed by atoms with Crippen LogP contribution in [-0.4, -0.2) is 40.8 Å². The monoisotopic (exact) mass is 403 g/mol. The highest BCUT2D eigenvalue weighted by Gasteiger charge is 2.21. The predicted octanol–water partition coefficient (Wildman–Crippen LogP) is 2.85. The lowest BCUT2D eigenvalue weighted by Crippen LogP contribution is -2.33. The number of fused-ring (bicyclic) bond motifs is 1. The first-order chi connectivity index (χ1) is 13.4. The van der Waals surface area contributed by atoms with Crippen molar-refractivity contribution in [3.05, 3.63) is 48.0 Å². The number of sulfonamides is 1. The number of anilines is 3. The van der Waals surface area contributed by atoms with Gasteiger partial charge in [0.2, 0.25) is 15.9 Å². The maximum atomic E-state index is 12.4. The van der Waals surface area contributed by atoms with Gasteiger partial charge in [0.15, 0.2) is 0 Å². The van der Waals surface area contributed by atoms with E-state index in [0.717, 1.165) is 36.9 Å². The van der Waals surface area contributed by atoms with Crippen molar-refractivity contribution in [2.75, 3.05) is 41.4 Å². The van der Waals surface area contributed by atoms with Gasteiger partial charge in [0.25, 0.3) is 0 Å². The van der Waals surface area contributed by atoms with Crippen LogP contribution in [0.3, 0.4) is 0 Å². The van der Waals surface area contributed by atoms with Crippen LogP contribution in [0.2, 0.25) is 0 Å². The average molecular weight is 404 g/mol. The molecule has 0 atom stereocenters. The molecule has 2 N–H and O–H groups in total. The number of carbonyl (C=O) groups is 1. The maximum Gasteiger partial charge on any atom is 0.229 e. The molecule has 0 radical (unpaired) electrons. The molecule has 1 amide bonds. The third kappa shape index (κ3) is 4.95. The van der Waals surface area contributed by atoms with Crippen molar-refractivity contribution in [1.82, 2.24) is 0 Å². The molecule has 8 heteroatoms. The molecule has 28 heavy (non-hydrogen) atoms. The molecule has 0 saturated carbocycles. The van der Waals surface area contributed by atoms with Gasteiger partial charge in [-0.05, 0) is 42.7 Å². The van der Waals surface area contributed by atoms with E-state index in [1.807, 2.05) is 24.3 Å². The van der Waals surface area contributed by atoms with Gasteiger partial charge in [0, 0.05) is 25.2 Å². The molecule has 0 unspecified atom stereocenters. The number of rotatable bonds is 7. The van der Waals surface area contributed by atoms with Crippen LogP contribution in [0.25, 0.3) is 0 Å². The van der Waals surface area contributed by atoms with Crippen LogP contribution in [-0.2, 0) is 21.2 Å². The first kappa shape index (κ1) is 20.0. The van der Waals surface area contributed by atoms with E-state index in [4.69, 9.17) is 4.74 Å². The molecular weight excluding hydrogens is 378 g/mol. The molecule has 0 fully saturated rings. The summed E-state index contributed by atoms with van der Waals surface area (Å²) in [7, 11) is -1.77. The van der Waals surface area contributed by atoms with Crippen LogP contribution in [0.4, 0.5) is 17.1 Å². The van der Waals surface area contributed by atoms with Crippen molar-refractivity contribution in [2.24, 2.45) is 0 Å². The molecule has 0 aliphatic carbocycles. The zero-order chi connectivity index (χ0) is 20.1. The molecule has 1 aliphatic rings. The van der Waals surface area contributed by atoms with Gasteiger partial charge < -0.3 is 15.0 Å². The molecule has 1 heterocycles. The highest BCUT2D eigenvalue weighted by Crippen LogP contribution is 2.33. The van der Waals surface area contributed by atoms with E-state index in [1.165, 1.54) is 0 Å². The SMILES string of the molecule is COc1ccccc1NC(=O)CCN1CCCc2c(NS(C)(=O)=O)cccc21. The summed E-state index contributed by atoms with van der Waals surface area (Å²) in [6, 6.07) is 12.9. The van der Waals surface area contributed by atoms with E-state index in [1.54, 1.807) is 25.3 Å². The van der Waals surface area contributed by atoms with Crippen molar-refractivity contribution in [2.45, 2.75) is 19.3 Å². The van der Waals surface area contributed by atoms with Gasteiger partial charge in [0.05, 0.1) is 24.7 Å². The molecule has 7 nitrogen and oxygen atoms in total. The number of methoxy groups -OCH3 is 1. The number of carbonyl (C=O) groups excluding carboxylic acids is 1. The molecule has 150 valence electrons. The summed E-state index contributed by atoms with van der Waals surface area (Å²) in [6.07, 6.45) is 3.18. The smallest absolute Gasteiger partial charge is 0.229 e. The highest BCUT2D eigenvalue weighted by atomic mass is 32.2. The fraction of sp³-hybridized carbons (Fsp3) is 0.350. The third-order valence-corrected chi connectivity index (χ3v) is 5.22. The van der Waals surface area contributed by atoms with Crippen LogP contribution in [0.15, 0.2) is 42.5 Å². The molecule has 0 aromatic heterocycles. The lowest BCUT2D eigenvalue weighted by molar-refractivity contribution is -0.116. The van der Waals surface area contributed by atoms with Crippen LogP contribution in [0.1, 0.15) is 18.4 Å². The molecular formula is C20H25N3O4S. The van der Waals surface area contributed by atoms with Gasteiger partial charge >= 0.3 is 0 Å². The van der Waals surface area contributed by atoms with E-state index in [2.05, 4.69) is 14.9 Å². The van der Waals surface area contributed by atoms with E-state index < -0.39 is 10.0 Å². The number of nitrogens with zero attached hydrogens (tertiary/aromatic N) is 1. The zero-order valence-corrected chi connectivity index (χ0v) is 16.9. The number of hydrogen-bond donors (Lipinski definition) is 2. The van der Waals surface area contributed by atoms with Gasteiger partial charge in [0.1, 0.15) is 5.75 Å². The Kier molecular flexibility index (Phi) is 6.08. The summed E-state index contributed by atoms with van der Waals surface area (Å²) >= 11 is 0. The number of amides is 1. The van der Waals surface area contributed by atoms with Crippen molar-refractivity contribution in [3.63, 3.8) is 0 Å².